The fraction of sp³-hybridized carbons (Fsp3) is 0.333. The normalized spacial score (nSPS) is 17.5. The summed E-state index contributed by atoms with van der Waals surface area (Å²) in [6.45, 7) is 0.982. The number of amides is 1. The molecule has 1 aromatic carbocycles. The Balaban J connectivity index is 1.13. The monoisotopic (exact) mass is 532 g/mol. The van der Waals surface area contributed by atoms with Gasteiger partial charge in [-0.25, -0.2) is 13.8 Å². The van der Waals surface area contributed by atoms with Crippen molar-refractivity contribution >= 4 is 23.4 Å². The third kappa shape index (κ3) is 4.20. The number of ether oxygens (including phenoxy) is 1. The summed E-state index contributed by atoms with van der Waals surface area (Å²) < 4.78 is 34.2. The van der Waals surface area contributed by atoms with Crippen molar-refractivity contribution in [3.63, 3.8) is 0 Å². The van der Waals surface area contributed by atoms with Crippen molar-refractivity contribution in [3.8, 4) is 11.1 Å². The summed E-state index contributed by atoms with van der Waals surface area (Å²) in [4.78, 5) is 25.8. The van der Waals surface area contributed by atoms with E-state index in [9.17, 15) is 13.6 Å². The Morgan fingerprint density at radius 3 is 2.69 bits per heavy atom. The van der Waals surface area contributed by atoms with E-state index >= 15 is 0 Å². The molecule has 6 heterocycles. The molecule has 0 aliphatic carbocycles. The SMILES string of the molecule is Cn1c(C(=O)N2CC(F)(F)C2)cc2c1CN(c1nc3c(c(Nc4ccc(-c5cn[nH]c5)cc4)n1)COC3)CC2. The summed E-state index contributed by atoms with van der Waals surface area (Å²) in [6.07, 6.45) is 4.33. The first-order valence-corrected chi connectivity index (χ1v) is 12.8. The molecule has 7 rings (SSSR count). The van der Waals surface area contributed by atoms with Crippen molar-refractivity contribution in [1.29, 1.82) is 0 Å². The van der Waals surface area contributed by atoms with Crippen LogP contribution in [0.3, 0.4) is 0 Å². The lowest BCUT2D eigenvalue weighted by Gasteiger charge is -2.38. The minimum Gasteiger partial charge on any atom is -0.370 e. The number of nitrogens with one attached hydrogen (secondary N) is 2. The van der Waals surface area contributed by atoms with Crippen LogP contribution in [0.1, 0.15) is 33.0 Å². The van der Waals surface area contributed by atoms with Crippen molar-refractivity contribution in [3.05, 3.63) is 70.9 Å². The molecule has 0 spiro atoms. The number of anilines is 3. The van der Waals surface area contributed by atoms with Crippen LogP contribution in [-0.4, -0.2) is 61.1 Å². The van der Waals surface area contributed by atoms with Crippen LogP contribution in [-0.2, 0) is 38.0 Å². The summed E-state index contributed by atoms with van der Waals surface area (Å²) in [6, 6.07) is 9.87. The minimum absolute atomic E-state index is 0.361. The smallest absolute Gasteiger partial charge is 0.282 e. The van der Waals surface area contributed by atoms with E-state index in [-0.39, 0.29) is 5.91 Å². The number of benzene rings is 1. The van der Waals surface area contributed by atoms with Gasteiger partial charge in [-0.3, -0.25) is 9.89 Å². The number of H-pyrrole nitrogens is 1. The van der Waals surface area contributed by atoms with Gasteiger partial charge in [0.25, 0.3) is 11.8 Å². The summed E-state index contributed by atoms with van der Waals surface area (Å²) in [5.41, 5.74) is 7.19. The predicted molar refractivity (Wildman–Crippen MR) is 139 cm³/mol. The third-order valence-electron chi connectivity index (χ3n) is 7.62. The molecular formula is C27H26F2N8O2. The Hall–Kier alpha value is -4.32. The van der Waals surface area contributed by atoms with Gasteiger partial charge in [0.15, 0.2) is 0 Å². The number of fused-ring (bicyclic) bond motifs is 2. The lowest BCUT2D eigenvalue weighted by Crippen LogP contribution is -2.58. The molecule has 2 N–H and O–H groups in total. The van der Waals surface area contributed by atoms with Crippen LogP contribution in [0, 0.1) is 0 Å². The molecule has 39 heavy (non-hydrogen) atoms. The molecule has 200 valence electrons. The second-order valence-corrected chi connectivity index (χ2v) is 10.2. The van der Waals surface area contributed by atoms with Crippen LogP contribution < -0.4 is 10.2 Å². The van der Waals surface area contributed by atoms with Crippen molar-refractivity contribution in [2.24, 2.45) is 7.05 Å². The van der Waals surface area contributed by atoms with Crippen LogP contribution in [0.15, 0.2) is 42.7 Å². The highest BCUT2D eigenvalue weighted by Crippen LogP contribution is 2.33. The quantitative estimate of drug-likeness (QED) is 0.405. The maximum absolute atomic E-state index is 13.3. The summed E-state index contributed by atoms with van der Waals surface area (Å²) >= 11 is 0. The van der Waals surface area contributed by atoms with Crippen LogP contribution >= 0.6 is 0 Å². The zero-order chi connectivity index (χ0) is 26.7. The largest absolute Gasteiger partial charge is 0.370 e. The average molecular weight is 533 g/mol. The number of aromatic nitrogens is 5. The topological polar surface area (TPSA) is 104 Å². The first-order chi connectivity index (χ1) is 18.8. The van der Waals surface area contributed by atoms with E-state index in [0.717, 1.165) is 39.3 Å². The maximum atomic E-state index is 13.3. The molecule has 3 aromatic heterocycles. The fourth-order valence-electron chi connectivity index (χ4n) is 5.41. The summed E-state index contributed by atoms with van der Waals surface area (Å²) in [7, 11) is 1.81. The van der Waals surface area contributed by atoms with E-state index < -0.39 is 19.0 Å². The molecule has 1 saturated heterocycles. The Morgan fingerprint density at radius 2 is 1.95 bits per heavy atom. The zero-order valence-electron chi connectivity index (χ0n) is 21.2. The van der Waals surface area contributed by atoms with Gasteiger partial charge >= 0.3 is 0 Å². The standard InChI is InChI=1S/C27H26F2N8O2/c1-35-22(25(38)37-14-27(28,29)15-37)8-17-6-7-36(11-23(17)35)26-33-21-13-39-12-20(21)24(34-26)32-19-4-2-16(3-5-19)18-9-30-31-10-18/h2-5,8-10H,6-7,11-15H2,1H3,(H,30,31)(H,32,33,34). The van der Waals surface area contributed by atoms with Crippen LogP contribution in [0.5, 0.6) is 0 Å². The van der Waals surface area contributed by atoms with Gasteiger partial charge in [0.05, 0.1) is 44.7 Å². The van der Waals surface area contributed by atoms with Crippen molar-refractivity contribution in [2.75, 3.05) is 29.9 Å². The number of hydrogen-bond acceptors (Lipinski definition) is 7. The van der Waals surface area contributed by atoms with Crippen LogP contribution in [0.25, 0.3) is 11.1 Å². The highest BCUT2D eigenvalue weighted by atomic mass is 19.3. The van der Waals surface area contributed by atoms with Crippen LogP contribution in [0.4, 0.5) is 26.2 Å². The summed E-state index contributed by atoms with van der Waals surface area (Å²) in [5.74, 6) is -1.87. The van der Waals surface area contributed by atoms with E-state index in [2.05, 4.69) is 20.4 Å². The van der Waals surface area contributed by atoms with Gasteiger partial charge in [0, 0.05) is 42.3 Å². The number of rotatable bonds is 5. The van der Waals surface area contributed by atoms with Gasteiger partial charge in [-0.15, -0.1) is 0 Å². The van der Waals surface area contributed by atoms with Gasteiger partial charge in [0.1, 0.15) is 11.5 Å². The Kier molecular flexibility index (Phi) is 5.41. The van der Waals surface area contributed by atoms with Crippen molar-refractivity contribution < 1.29 is 18.3 Å². The highest BCUT2D eigenvalue weighted by molar-refractivity contribution is 5.94. The maximum Gasteiger partial charge on any atom is 0.282 e. The molecule has 12 heteroatoms. The predicted octanol–water partition coefficient (Wildman–Crippen LogP) is 3.63. The highest BCUT2D eigenvalue weighted by Gasteiger charge is 2.47. The van der Waals surface area contributed by atoms with Gasteiger partial charge in [-0.1, -0.05) is 12.1 Å². The molecule has 3 aliphatic heterocycles. The first kappa shape index (κ1) is 23.8. The Morgan fingerprint density at radius 1 is 1.13 bits per heavy atom. The van der Waals surface area contributed by atoms with Gasteiger partial charge in [-0.2, -0.15) is 10.1 Å². The molecule has 1 amide bonds. The number of hydrogen-bond donors (Lipinski definition) is 2. The molecule has 1 fully saturated rings. The van der Waals surface area contributed by atoms with Gasteiger partial charge in [0.2, 0.25) is 5.95 Å². The van der Waals surface area contributed by atoms with E-state index in [1.54, 1.807) is 6.20 Å². The number of aromatic amines is 1. The molecule has 10 nitrogen and oxygen atoms in total. The molecule has 0 radical (unpaired) electrons. The molecule has 0 saturated carbocycles. The average Bonchev–Trinajstić information content (AvgIpc) is 3.68. The molecule has 0 bridgehead atoms. The molecular weight excluding hydrogens is 506 g/mol. The van der Waals surface area contributed by atoms with E-state index in [1.165, 1.54) is 4.90 Å². The second kappa shape index (κ2) is 8.87. The molecule has 0 atom stereocenters. The molecule has 4 aromatic rings. The number of likely N-dealkylation sites (tertiary alicyclic amines) is 1. The number of nitrogens with zero attached hydrogens (tertiary/aromatic N) is 6. The third-order valence-corrected chi connectivity index (χ3v) is 7.62. The van der Waals surface area contributed by atoms with Gasteiger partial charge < -0.3 is 24.4 Å². The lowest BCUT2D eigenvalue weighted by atomic mass is 10.1. The van der Waals surface area contributed by atoms with Crippen molar-refractivity contribution in [1.82, 2.24) is 29.6 Å². The van der Waals surface area contributed by atoms with E-state index in [0.29, 0.717) is 50.2 Å². The van der Waals surface area contributed by atoms with Crippen molar-refractivity contribution in [2.45, 2.75) is 32.1 Å². The van der Waals surface area contributed by atoms with E-state index in [4.69, 9.17) is 14.7 Å². The molecule has 3 aliphatic rings. The number of carbonyl (C=O) groups excluding carboxylic acids is 1. The lowest BCUT2D eigenvalue weighted by molar-refractivity contribution is -0.113. The second-order valence-electron chi connectivity index (χ2n) is 10.2. The summed E-state index contributed by atoms with van der Waals surface area (Å²) in [5, 5.41) is 10.3. The Labute approximate surface area is 222 Å². The van der Waals surface area contributed by atoms with Crippen LogP contribution in [0.2, 0.25) is 0 Å². The molecule has 0 unspecified atom stereocenters. The Bertz CT molecular complexity index is 1560. The number of halogens is 2. The van der Waals surface area contributed by atoms with Gasteiger partial charge in [-0.05, 0) is 35.7 Å². The fourth-order valence-corrected chi connectivity index (χ4v) is 5.41. The zero-order valence-corrected chi connectivity index (χ0v) is 21.2. The minimum atomic E-state index is -2.79. The number of carbonyl (C=O) groups is 1. The number of alkyl halides is 2. The van der Waals surface area contributed by atoms with E-state index in [1.807, 2.05) is 48.1 Å². The first-order valence-electron chi connectivity index (χ1n) is 12.8.